The molecule has 1 aliphatic rings. The number of nitrogens with one attached hydrogen (secondary N) is 2. The molecule has 0 unspecified atom stereocenters. The lowest BCUT2D eigenvalue weighted by atomic mass is 10.1. The maximum Gasteiger partial charge on any atom is 0.317 e. The number of para-hydroxylation sites is 1. The van der Waals surface area contributed by atoms with Gasteiger partial charge < -0.3 is 15.2 Å². The Balaban J connectivity index is 1.26. The second-order valence-electron chi connectivity index (χ2n) is 8.34. The molecule has 174 valence electrons. The van der Waals surface area contributed by atoms with Gasteiger partial charge in [-0.3, -0.25) is 9.69 Å². The fourth-order valence-corrected chi connectivity index (χ4v) is 4.67. The largest absolute Gasteiger partial charge is 0.334 e. The van der Waals surface area contributed by atoms with Crippen LogP contribution < -0.4 is 10.9 Å². The predicted molar refractivity (Wildman–Crippen MR) is 126 cm³/mol. The van der Waals surface area contributed by atoms with Gasteiger partial charge in [0.2, 0.25) is 0 Å². The van der Waals surface area contributed by atoms with Gasteiger partial charge >= 0.3 is 6.03 Å². The van der Waals surface area contributed by atoms with Crippen LogP contribution in [0.25, 0.3) is 10.9 Å². The number of aromatic amines is 1. The number of benzene rings is 2. The van der Waals surface area contributed by atoms with E-state index in [1.54, 1.807) is 23.1 Å². The molecule has 1 aromatic heterocycles. The summed E-state index contributed by atoms with van der Waals surface area (Å²) in [5, 5.41) is 3.50. The fourth-order valence-electron chi connectivity index (χ4n) is 3.88. The molecule has 2 heterocycles. The summed E-state index contributed by atoms with van der Waals surface area (Å²) >= 11 is 0. The molecular formula is C23H27N5O4S. The van der Waals surface area contributed by atoms with E-state index >= 15 is 0 Å². The number of rotatable bonds is 6. The number of piperazine rings is 1. The molecule has 0 radical (unpaired) electrons. The highest BCUT2D eigenvalue weighted by Crippen LogP contribution is 2.10. The smallest absolute Gasteiger partial charge is 0.317 e. The molecule has 2 N–H and O–H groups in total. The molecule has 0 bridgehead atoms. The van der Waals surface area contributed by atoms with Gasteiger partial charge in [-0.1, -0.05) is 36.4 Å². The molecular weight excluding hydrogens is 442 g/mol. The standard InChI is InChI=1S/C23H27N5O4S/c1-33(31,32)16-18-8-6-17(7-9-18)14-24-23(30)28-12-10-27(11-13-28)15-21-25-20-5-3-2-4-19(20)22(29)26-21/h2-9H,10-16H2,1H3,(H,24,30)(H,25,26,29). The van der Waals surface area contributed by atoms with E-state index in [0.29, 0.717) is 56.0 Å². The zero-order chi connectivity index (χ0) is 23.4. The van der Waals surface area contributed by atoms with Crippen LogP contribution in [-0.2, 0) is 28.7 Å². The lowest BCUT2D eigenvalue weighted by molar-refractivity contribution is 0.133. The summed E-state index contributed by atoms with van der Waals surface area (Å²) < 4.78 is 22.8. The van der Waals surface area contributed by atoms with Crippen molar-refractivity contribution in [3.8, 4) is 0 Å². The number of aromatic nitrogens is 2. The van der Waals surface area contributed by atoms with Crippen molar-refractivity contribution in [1.29, 1.82) is 0 Å². The zero-order valence-electron chi connectivity index (χ0n) is 18.5. The topological polar surface area (TPSA) is 115 Å². The predicted octanol–water partition coefficient (Wildman–Crippen LogP) is 1.50. The number of hydrogen-bond donors (Lipinski definition) is 2. The number of hydrogen-bond acceptors (Lipinski definition) is 6. The van der Waals surface area contributed by atoms with Crippen molar-refractivity contribution >= 4 is 26.8 Å². The zero-order valence-corrected chi connectivity index (χ0v) is 19.3. The van der Waals surface area contributed by atoms with Crippen LogP contribution in [0.1, 0.15) is 17.0 Å². The van der Waals surface area contributed by atoms with Crippen molar-refractivity contribution in [3.63, 3.8) is 0 Å². The first-order valence-corrected chi connectivity index (χ1v) is 12.8. The molecule has 2 aromatic carbocycles. The molecule has 1 fully saturated rings. The van der Waals surface area contributed by atoms with Crippen LogP contribution in [0.15, 0.2) is 53.3 Å². The van der Waals surface area contributed by atoms with Gasteiger partial charge in [-0.25, -0.2) is 18.2 Å². The minimum atomic E-state index is -3.07. The summed E-state index contributed by atoms with van der Waals surface area (Å²) in [5.41, 5.74) is 2.17. The van der Waals surface area contributed by atoms with Gasteiger partial charge in [-0.2, -0.15) is 0 Å². The van der Waals surface area contributed by atoms with Crippen LogP contribution >= 0.6 is 0 Å². The Labute approximate surface area is 192 Å². The van der Waals surface area contributed by atoms with Crippen molar-refractivity contribution in [2.75, 3.05) is 32.4 Å². The van der Waals surface area contributed by atoms with Gasteiger partial charge in [0.25, 0.3) is 5.56 Å². The molecule has 0 spiro atoms. The average Bonchev–Trinajstić information content (AvgIpc) is 2.78. The number of carbonyl (C=O) groups is 1. The summed E-state index contributed by atoms with van der Waals surface area (Å²) in [5.74, 6) is 0.628. The number of amides is 2. The van der Waals surface area contributed by atoms with E-state index < -0.39 is 9.84 Å². The van der Waals surface area contributed by atoms with E-state index in [4.69, 9.17) is 0 Å². The Bertz CT molecular complexity index is 1300. The number of H-pyrrole nitrogens is 1. The van der Waals surface area contributed by atoms with Crippen LogP contribution in [-0.4, -0.2) is 66.7 Å². The number of nitrogens with zero attached hydrogens (tertiary/aromatic N) is 3. The Morgan fingerprint density at radius 2 is 1.70 bits per heavy atom. The van der Waals surface area contributed by atoms with E-state index in [0.717, 1.165) is 11.1 Å². The summed E-state index contributed by atoms with van der Waals surface area (Å²) in [6.45, 7) is 3.43. The Morgan fingerprint density at radius 3 is 2.39 bits per heavy atom. The average molecular weight is 470 g/mol. The molecule has 1 saturated heterocycles. The highest BCUT2D eigenvalue weighted by molar-refractivity contribution is 7.89. The highest BCUT2D eigenvalue weighted by Gasteiger charge is 2.21. The molecule has 2 amide bonds. The minimum Gasteiger partial charge on any atom is -0.334 e. The number of urea groups is 1. The van der Waals surface area contributed by atoms with Gasteiger partial charge in [0, 0.05) is 39.0 Å². The van der Waals surface area contributed by atoms with Crippen LogP contribution in [0.2, 0.25) is 0 Å². The van der Waals surface area contributed by atoms with E-state index in [-0.39, 0.29) is 17.3 Å². The third kappa shape index (κ3) is 6.17. The molecule has 9 nitrogen and oxygen atoms in total. The molecule has 33 heavy (non-hydrogen) atoms. The number of fused-ring (bicyclic) bond motifs is 1. The molecule has 3 aromatic rings. The van der Waals surface area contributed by atoms with E-state index in [2.05, 4.69) is 20.2 Å². The third-order valence-corrected chi connectivity index (χ3v) is 6.45. The first-order chi connectivity index (χ1) is 15.8. The maximum absolute atomic E-state index is 12.5. The second kappa shape index (κ2) is 9.72. The van der Waals surface area contributed by atoms with Crippen molar-refractivity contribution in [2.45, 2.75) is 18.8 Å². The first-order valence-electron chi connectivity index (χ1n) is 10.8. The lowest BCUT2D eigenvalue weighted by Gasteiger charge is -2.34. The van der Waals surface area contributed by atoms with Crippen molar-refractivity contribution in [2.24, 2.45) is 0 Å². The van der Waals surface area contributed by atoms with Crippen LogP contribution in [0.5, 0.6) is 0 Å². The van der Waals surface area contributed by atoms with Crippen molar-refractivity contribution in [3.05, 3.63) is 75.8 Å². The van der Waals surface area contributed by atoms with Crippen LogP contribution in [0, 0.1) is 0 Å². The number of sulfone groups is 1. The molecule has 10 heteroatoms. The highest BCUT2D eigenvalue weighted by atomic mass is 32.2. The first kappa shape index (κ1) is 22.9. The van der Waals surface area contributed by atoms with E-state index in [1.165, 1.54) is 6.26 Å². The SMILES string of the molecule is CS(=O)(=O)Cc1ccc(CNC(=O)N2CCN(Cc3nc4ccccc4c(=O)[nH]3)CC2)cc1. The normalized spacial score (nSPS) is 15.0. The van der Waals surface area contributed by atoms with Crippen LogP contribution in [0.4, 0.5) is 4.79 Å². The van der Waals surface area contributed by atoms with Crippen LogP contribution in [0.3, 0.4) is 0 Å². The summed E-state index contributed by atoms with van der Waals surface area (Å²) in [7, 11) is -3.07. The van der Waals surface area contributed by atoms with E-state index in [9.17, 15) is 18.0 Å². The summed E-state index contributed by atoms with van der Waals surface area (Å²) in [6.07, 6.45) is 1.21. The van der Waals surface area contributed by atoms with Crippen molar-refractivity contribution in [1.82, 2.24) is 25.1 Å². The van der Waals surface area contributed by atoms with Gasteiger partial charge in [0.15, 0.2) is 9.84 Å². The monoisotopic (exact) mass is 469 g/mol. The second-order valence-corrected chi connectivity index (χ2v) is 10.5. The van der Waals surface area contributed by atoms with Gasteiger partial charge in [-0.15, -0.1) is 0 Å². The molecule has 0 saturated carbocycles. The summed E-state index contributed by atoms with van der Waals surface area (Å²) in [6, 6.07) is 14.3. The summed E-state index contributed by atoms with van der Waals surface area (Å²) in [4.78, 5) is 36.1. The Kier molecular flexibility index (Phi) is 6.75. The number of carbonyl (C=O) groups excluding carboxylic acids is 1. The van der Waals surface area contributed by atoms with Crippen molar-refractivity contribution < 1.29 is 13.2 Å². The third-order valence-electron chi connectivity index (χ3n) is 5.59. The molecule has 0 aliphatic carbocycles. The van der Waals surface area contributed by atoms with Gasteiger partial charge in [0.1, 0.15) is 5.82 Å². The fraction of sp³-hybridized carbons (Fsp3) is 0.348. The molecule has 4 rings (SSSR count). The molecule has 1 aliphatic heterocycles. The minimum absolute atomic E-state index is 0.00648. The van der Waals surface area contributed by atoms with Gasteiger partial charge in [-0.05, 0) is 23.3 Å². The quantitative estimate of drug-likeness (QED) is 0.565. The Hall–Kier alpha value is -3.24. The Morgan fingerprint density at radius 1 is 1.03 bits per heavy atom. The van der Waals surface area contributed by atoms with E-state index in [1.807, 2.05) is 30.3 Å². The molecule has 0 atom stereocenters. The van der Waals surface area contributed by atoms with Gasteiger partial charge in [0.05, 0.1) is 23.2 Å². The maximum atomic E-state index is 12.5. The lowest BCUT2D eigenvalue weighted by Crippen LogP contribution is -2.51.